The van der Waals surface area contributed by atoms with Gasteiger partial charge in [0.05, 0.1) is 6.04 Å². The maximum absolute atomic E-state index is 11.5. The summed E-state index contributed by atoms with van der Waals surface area (Å²) in [6.45, 7) is 3.27. The number of hydrogen-bond donors (Lipinski definition) is 3. The molecule has 2 amide bonds. The standard InChI is InChI=1S/C11H23N3O2.C2H4O2/c1-9(15)13-8-6-5-7-10(14(3)4)11(16)12-2;1-2(3)4/h10H,5-8H2,1-4H3,(H,12,16)(H,13,15);1H3,(H,3,4)/i2+1,3+1;1+1. The molecule has 7 heteroatoms. The minimum absolute atomic E-state index is 0.00420. The van der Waals surface area contributed by atoms with Crippen molar-refractivity contribution < 1.29 is 19.5 Å². The van der Waals surface area contributed by atoms with Gasteiger partial charge in [0.15, 0.2) is 0 Å². The molecule has 0 radical (unpaired) electrons. The van der Waals surface area contributed by atoms with Crippen molar-refractivity contribution >= 4 is 17.8 Å². The predicted octanol–water partition coefficient (Wildman–Crippen LogP) is 0.0599. The summed E-state index contributed by atoms with van der Waals surface area (Å²) in [6.07, 6.45) is 2.64. The first-order valence-electron chi connectivity index (χ1n) is 6.54. The molecule has 0 aliphatic heterocycles. The molecule has 0 aromatic rings. The van der Waals surface area contributed by atoms with Crippen LogP contribution in [-0.2, 0) is 14.4 Å². The molecule has 0 rings (SSSR count). The first kappa shape index (κ1) is 20.7. The van der Waals surface area contributed by atoms with E-state index in [1.807, 2.05) is 19.0 Å². The van der Waals surface area contributed by atoms with Crippen LogP contribution in [0.25, 0.3) is 0 Å². The Balaban J connectivity index is 0. The van der Waals surface area contributed by atoms with Crippen molar-refractivity contribution in [3.63, 3.8) is 0 Å². The molecule has 3 N–H and O–H groups in total. The van der Waals surface area contributed by atoms with E-state index in [1.165, 1.54) is 6.92 Å². The van der Waals surface area contributed by atoms with Gasteiger partial charge < -0.3 is 15.7 Å². The molecule has 0 saturated heterocycles. The van der Waals surface area contributed by atoms with E-state index in [1.54, 1.807) is 7.05 Å². The fourth-order valence-corrected chi connectivity index (χ4v) is 1.52. The number of rotatable bonds is 7. The fourth-order valence-electron chi connectivity index (χ4n) is 1.52. The van der Waals surface area contributed by atoms with Crippen molar-refractivity contribution in [1.29, 1.82) is 0 Å². The zero-order valence-corrected chi connectivity index (χ0v) is 13.0. The van der Waals surface area contributed by atoms with Gasteiger partial charge in [0.1, 0.15) is 0 Å². The Morgan fingerprint density at radius 1 is 1.15 bits per heavy atom. The monoisotopic (exact) mass is 292 g/mol. The van der Waals surface area contributed by atoms with E-state index in [0.717, 1.165) is 26.2 Å². The lowest BCUT2D eigenvalue weighted by Crippen LogP contribution is -2.42. The molecule has 0 spiro atoms. The highest BCUT2D eigenvalue weighted by Gasteiger charge is 2.18. The molecule has 1 unspecified atom stereocenters. The van der Waals surface area contributed by atoms with E-state index in [9.17, 15) is 9.59 Å². The molecule has 0 aliphatic rings. The average Bonchev–Trinajstić information content (AvgIpc) is 2.31. The second-order valence-corrected chi connectivity index (χ2v) is 4.59. The largest absolute Gasteiger partial charge is 0.481 e. The van der Waals surface area contributed by atoms with Crippen LogP contribution in [0.2, 0.25) is 0 Å². The van der Waals surface area contributed by atoms with Gasteiger partial charge in [-0.1, -0.05) is 0 Å². The van der Waals surface area contributed by atoms with Gasteiger partial charge in [-0.25, -0.2) is 0 Å². The lowest BCUT2D eigenvalue weighted by atomic mass is 10.1. The Morgan fingerprint density at radius 3 is 2.00 bits per heavy atom. The summed E-state index contributed by atoms with van der Waals surface area (Å²) in [6, 6.07) is -0.0812. The normalized spacial score (nSPS) is 11.1. The number of amides is 2. The van der Waals surface area contributed by atoms with Gasteiger partial charge in [-0.15, -0.1) is 0 Å². The molecule has 0 aliphatic carbocycles. The van der Waals surface area contributed by atoms with E-state index in [-0.39, 0.29) is 17.9 Å². The zero-order valence-electron chi connectivity index (χ0n) is 13.0. The van der Waals surface area contributed by atoms with E-state index in [0.29, 0.717) is 6.54 Å². The summed E-state index contributed by atoms with van der Waals surface area (Å²) < 4.78 is 0. The smallest absolute Gasteiger partial charge is 0.300 e. The number of hydrogen-bond acceptors (Lipinski definition) is 4. The molecular formula is C13H27N3O4. The summed E-state index contributed by atoms with van der Waals surface area (Å²) >= 11 is 0. The summed E-state index contributed by atoms with van der Waals surface area (Å²) in [7, 11) is 5.44. The first-order chi connectivity index (χ1) is 9.22. The van der Waals surface area contributed by atoms with Crippen LogP contribution >= 0.6 is 0 Å². The average molecular weight is 292 g/mol. The Bertz CT molecular complexity index is 302. The number of unbranched alkanes of at least 4 members (excludes halogenated alkanes) is 1. The lowest BCUT2D eigenvalue weighted by molar-refractivity contribution is -0.134. The molecule has 20 heavy (non-hydrogen) atoms. The molecule has 7 nitrogen and oxygen atoms in total. The van der Waals surface area contributed by atoms with Crippen molar-refractivity contribution in [1.82, 2.24) is 15.5 Å². The second-order valence-electron chi connectivity index (χ2n) is 4.59. The summed E-state index contributed by atoms with van der Waals surface area (Å²) in [5, 5.41) is 12.8. The van der Waals surface area contributed by atoms with Crippen molar-refractivity contribution in [3.8, 4) is 0 Å². The quantitative estimate of drug-likeness (QED) is 0.455. The van der Waals surface area contributed by atoms with E-state index >= 15 is 0 Å². The van der Waals surface area contributed by atoms with Crippen molar-refractivity contribution in [2.24, 2.45) is 0 Å². The predicted molar refractivity (Wildman–Crippen MR) is 77.4 cm³/mol. The third-order valence-corrected chi connectivity index (χ3v) is 2.45. The summed E-state index contributed by atoms with van der Waals surface area (Å²) in [4.78, 5) is 33.0. The number of nitrogens with zero attached hydrogens (tertiary/aromatic N) is 1. The molecular weight excluding hydrogens is 265 g/mol. The van der Waals surface area contributed by atoms with Crippen LogP contribution in [0.5, 0.6) is 0 Å². The van der Waals surface area contributed by atoms with Crippen molar-refractivity contribution in [3.05, 3.63) is 0 Å². The van der Waals surface area contributed by atoms with Gasteiger partial charge in [-0.3, -0.25) is 19.3 Å². The maximum atomic E-state index is 11.5. The number of carboxylic acids is 1. The summed E-state index contributed by atoms with van der Waals surface area (Å²) in [5.41, 5.74) is 0. The number of aliphatic carboxylic acids is 1. The molecule has 0 fully saturated rings. The van der Waals surface area contributed by atoms with Crippen LogP contribution in [0.3, 0.4) is 0 Å². The van der Waals surface area contributed by atoms with E-state index < -0.39 is 5.97 Å². The fraction of sp³-hybridized carbons (Fsp3) is 0.769. The SMILES string of the molecule is CC(=O)NCCCCC(C(=O)N[13CH3])N(C)[13CH3].[13CH3]C(=O)O. The van der Waals surface area contributed by atoms with Gasteiger partial charge >= 0.3 is 0 Å². The van der Waals surface area contributed by atoms with Gasteiger partial charge in [-0.05, 0) is 33.4 Å². The number of carbonyl (C=O) groups excluding carboxylic acids is 2. The minimum Gasteiger partial charge on any atom is -0.481 e. The Morgan fingerprint density at radius 2 is 1.65 bits per heavy atom. The number of likely N-dealkylation sites (N-methyl/N-ethyl adjacent to an activating group) is 2. The Labute approximate surface area is 120 Å². The molecule has 0 saturated carbocycles. The van der Waals surface area contributed by atoms with Crippen LogP contribution in [0.4, 0.5) is 0 Å². The topological polar surface area (TPSA) is 98.7 Å². The second kappa shape index (κ2) is 12.4. The van der Waals surface area contributed by atoms with Gasteiger partial charge in [0.2, 0.25) is 11.8 Å². The highest BCUT2D eigenvalue weighted by molar-refractivity contribution is 5.81. The Hall–Kier alpha value is -1.63. The van der Waals surface area contributed by atoms with E-state index in [2.05, 4.69) is 10.6 Å². The molecule has 118 valence electrons. The molecule has 0 aromatic heterocycles. The molecule has 1 atom stereocenters. The van der Waals surface area contributed by atoms with Crippen LogP contribution < -0.4 is 10.6 Å². The highest BCUT2D eigenvalue weighted by Crippen LogP contribution is 2.05. The lowest BCUT2D eigenvalue weighted by Gasteiger charge is -2.22. The van der Waals surface area contributed by atoms with Crippen molar-refractivity contribution in [2.45, 2.75) is 39.2 Å². The number of carboxylic acid groups (broad SMARTS) is 1. The molecule has 0 bridgehead atoms. The van der Waals surface area contributed by atoms with Gasteiger partial charge in [0, 0.05) is 27.4 Å². The molecule has 0 aromatic carbocycles. The van der Waals surface area contributed by atoms with Gasteiger partial charge in [0.25, 0.3) is 5.97 Å². The number of nitrogens with one attached hydrogen (secondary N) is 2. The van der Waals surface area contributed by atoms with Gasteiger partial charge in [-0.2, -0.15) is 0 Å². The Kier molecular flexibility index (Phi) is 12.8. The van der Waals surface area contributed by atoms with Crippen LogP contribution in [0.1, 0.15) is 33.1 Å². The minimum atomic E-state index is -0.833. The van der Waals surface area contributed by atoms with Crippen LogP contribution in [-0.4, -0.2) is 61.5 Å². The third kappa shape index (κ3) is 14.4. The zero-order chi connectivity index (χ0) is 16.1. The molecule has 0 heterocycles. The van der Waals surface area contributed by atoms with Crippen LogP contribution in [0, 0.1) is 0 Å². The highest BCUT2D eigenvalue weighted by atomic mass is 16.4. The first-order valence-corrected chi connectivity index (χ1v) is 6.54. The third-order valence-electron chi connectivity index (χ3n) is 2.45. The summed E-state index contributed by atoms with van der Waals surface area (Å²) in [5.74, 6) is -0.792. The number of carbonyl (C=O) groups is 3. The maximum Gasteiger partial charge on any atom is 0.300 e. The van der Waals surface area contributed by atoms with Crippen molar-refractivity contribution in [2.75, 3.05) is 27.7 Å². The van der Waals surface area contributed by atoms with Crippen LogP contribution in [0.15, 0.2) is 0 Å². The van der Waals surface area contributed by atoms with E-state index in [4.69, 9.17) is 9.90 Å².